The highest BCUT2D eigenvalue weighted by Gasteiger charge is 2.46. The van der Waals surface area contributed by atoms with Crippen LogP contribution in [-0.4, -0.2) is 59.3 Å². The van der Waals surface area contributed by atoms with Crippen molar-refractivity contribution in [1.82, 2.24) is 10.6 Å². The minimum Gasteiger partial charge on any atom is -0.426 e. The molecule has 2 aliphatic heterocycles. The molecule has 0 bridgehead atoms. The van der Waals surface area contributed by atoms with E-state index in [1.165, 1.54) is 77.0 Å². The minimum atomic E-state index is -0.346. The molecule has 0 unspecified atom stereocenters. The molecule has 2 aliphatic rings. The third kappa shape index (κ3) is 13.9. The second-order valence-electron chi connectivity index (χ2n) is 20.4. The van der Waals surface area contributed by atoms with E-state index in [2.05, 4.69) is 10.6 Å². The van der Waals surface area contributed by atoms with Crippen LogP contribution in [0.25, 0.3) is 21.5 Å². The summed E-state index contributed by atoms with van der Waals surface area (Å²) in [7, 11) is 0. The van der Waals surface area contributed by atoms with Crippen molar-refractivity contribution in [2.24, 2.45) is 23.7 Å². The zero-order valence-electron chi connectivity index (χ0n) is 41.4. The van der Waals surface area contributed by atoms with Crippen molar-refractivity contribution in [2.75, 3.05) is 13.2 Å². The van der Waals surface area contributed by atoms with Gasteiger partial charge in [-0.3, -0.25) is 19.2 Å². The molecule has 370 valence electrons. The van der Waals surface area contributed by atoms with Gasteiger partial charge in [-0.1, -0.05) is 191 Å². The molecule has 6 rings (SSSR count). The standard InChI is InChI=1S/C58H80N2O8/c1-39(2)53-55(47(37-61)59-57(53)65)45-33-35-49(43-29-25-23-27-41(43)45)67-51(63)31-21-19-17-15-13-11-9-7-5-6-8-10-12-14-16-18-20-22-32-52(64)68-50-36-34-46(42-28-24-26-30-44(42)50)56-48(38-62)60-58(66)54(56)40(3)4/h23-30,33-36,39-40,47-48,53-56,61-62H,5-22,31-32,37-38H2,1-4H3,(H,59,65)(H,60,66)/t47-,48-,53-,54-,55-,56-/m1/s1. The summed E-state index contributed by atoms with van der Waals surface area (Å²) in [6.07, 6.45) is 22.1. The Morgan fingerprint density at radius 3 is 1.04 bits per heavy atom. The number of aliphatic hydroxyl groups is 2. The normalized spacial score (nSPS) is 20.4. The SMILES string of the molecule is CC(C)[C@H]1C(=O)N[C@H](CO)[C@H]1c1ccc(OC(=O)CCCCCCCCCCCCCCCCCCCCC(=O)Oc2ccc([C@H]3[C@@H](C(C)C)C(=O)N[C@@H]3CO)c3ccccc23)c2ccccc12. The van der Waals surface area contributed by atoms with E-state index in [1.54, 1.807) is 0 Å². The van der Waals surface area contributed by atoms with Crippen LogP contribution in [0.1, 0.15) is 179 Å². The molecule has 68 heavy (non-hydrogen) atoms. The third-order valence-electron chi connectivity index (χ3n) is 14.7. The average molecular weight is 933 g/mol. The fourth-order valence-corrected chi connectivity index (χ4v) is 11.2. The zero-order chi connectivity index (χ0) is 48.4. The molecular weight excluding hydrogens is 853 g/mol. The van der Waals surface area contributed by atoms with E-state index < -0.39 is 0 Å². The molecule has 4 aromatic rings. The van der Waals surface area contributed by atoms with Crippen LogP contribution in [0.3, 0.4) is 0 Å². The second kappa shape index (κ2) is 26.8. The molecule has 6 atom stereocenters. The number of carbonyl (C=O) groups excluding carboxylic acids is 4. The maximum absolute atomic E-state index is 12.9. The van der Waals surface area contributed by atoms with E-state index in [0.717, 1.165) is 71.2 Å². The molecule has 10 nitrogen and oxygen atoms in total. The molecule has 2 saturated heterocycles. The van der Waals surface area contributed by atoms with Gasteiger partial charge in [0, 0.05) is 47.3 Å². The van der Waals surface area contributed by atoms with Gasteiger partial charge in [0.2, 0.25) is 11.8 Å². The Kier molecular flexibility index (Phi) is 20.7. The summed E-state index contributed by atoms with van der Waals surface area (Å²) in [4.78, 5) is 51.4. The highest BCUT2D eigenvalue weighted by molar-refractivity contribution is 5.96. The number of ether oxygens (including phenoxy) is 2. The Balaban J connectivity index is 0.748. The maximum Gasteiger partial charge on any atom is 0.311 e. The smallest absolute Gasteiger partial charge is 0.311 e. The molecule has 2 fully saturated rings. The highest BCUT2D eigenvalue weighted by atomic mass is 16.5. The van der Waals surface area contributed by atoms with Gasteiger partial charge in [-0.25, -0.2) is 0 Å². The first-order chi connectivity index (χ1) is 33.0. The topological polar surface area (TPSA) is 151 Å². The van der Waals surface area contributed by atoms with Crippen molar-refractivity contribution in [2.45, 2.75) is 180 Å². The molecule has 0 aliphatic carbocycles. The lowest BCUT2D eigenvalue weighted by molar-refractivity contribution is -0.135. The van der Waals surface area contributed by atoms with Gasteiger partial charge in [-0.15, -0.1) is 0 Å². The quantitative estimate of drug-likeness (QED) is 0.0239. The van der Waals surface area contributed by atoms with Gasteiger partial charge in [0.05, 0.1) is 25.3 Å². The number of benzene rings is 4. The number of hydrogen-bond donors (Lipinski definition) is 4. The third-order valence-corrected chi connectivity index (χ3v) is 14.7. The van der Waals surface area contributed by atoms with Crippen LogP contribution in [0.4, 0.5) is 0 Å². The van der Waals surface area contributed by atoms with Crippen molar-refractivity contribution in [3.63, 3.8) is 0 Å². The number of esters is 2. The minimum absolute atomic E-state index is 0.0213. The van der Waals surface area contributed by atoms with Crippen LogP contribution < -0.4 is 20.1 Å². The van der Waals surface area contributed by atoms with Gasteiger partial charge in [0.15, 0.2) is 0 Å². The summed E-state index contributed by atoms with van der Waals surface area (Å²) in [6.45, 7) is 7.92. The van der Waals surface area contributed by atoms with E-state index in [9.17, 15) is 29.4 Å². The monoisotopic (exact) mass is 933 g/mol. The highest BCUT2D eigenvalue weighted by Crippen LogP contribution is 2.44. The largest absolute Gasteiger partial charge is 0.426 e. The molecule has 4 N–H and O–H groups in total. The molecule has 0 radical (unpaired) electrons. The van der Waals surface area contributed by atoms with Crippen LogP contribution in [0.2, 0.25) is 0 Å². The van der Waals surface area contributed by atoms with E-state index >= 15 is 0 Å². The van der Waals surface area contributed by atoms with Crippen molar-refractivity contribution >= 4 is 45.3 Å². The summed E-state index contributed by atoms with van der Waals surface area (Å²) in [5.74, 6) is 0.0585. The number of aliphatic hydroxyl groups excluding tert-OH is 2. The van der Waals surface area contributed by atoms with Crippen LogP contribution in [0, 0.1) is 23.7 Å². The van der Waals surface area contributed by atoms with E-state index in [4.69, 9.17) is 9.47 Å². The van der Waals surface area contributed by atoms with Crippen molar-refractivity contribution in [3.8, 4) is 11.5 Å². The number of unbranched alkanes of at least 4 members (excludes halogenated alkanes) is 17. The van der Waals surface area contributed by atoms with Crippen LogP contribution >= 0.6 is 0 Å². The summed E-state index contributed by atoms with van der Waals surface area (Å²) < 4.78 is 11.8. The van der Waals surface area contributed by atoms with Gasteiger partial charge in [0.1, 0.15) is 11.5 Å². The van der Waals surface area contributed by atoms with Gasteiger partial charge in [-0.05, 0) is 58.7 Å². The molecule has 0 saturated carbocycles. The van der Waals surface area contributed by atoms with Crippen molar-refractivity contribution in [1.29, 1.82) is 0 Å². The number of fused-ring (bicyclic) bond motifs is 2. The summed E-state index contributed by atoms with van der Waals surface area (Å²) in [6, 6.07) is 22.7. The van der Waals surface area contributed by atoms with Gasteiger partial charge in [-0.2, -0.15) is 0 Å². The Morgan fingerprint density at radius 2 is 0.750 bits per heavy atom. The van der Waals surface area contributed by atoms with Gasteiger partial charge in [0.25, 0.3) is 0 Å². The lowest BCUT2D eigenvalue weighted by atomic mass is 9.77. The molecule has 4 aromatic carbocycles. The fraction of sp³-hybridized carbons (Fsp3) is 0.586. The molecular formula is C58H80N2O8. The fourth-order valence-electron chi connectivity index (χ4n) is 11.2. The lowest BCUT2D eigenvalue weighted by Crippen LogP contribution is -2.31. The number of carbonyl (C=O) groups is 4. The summed E-state index contributed by atoms with van der Waals surface area (Å²) in [5.41, 5.74) is 1.99. The molecule has 2 heterocycles. The van der Waals surface area contributed by atoms with E-state index in [1.807, 2.05) is 100 Å². The van der Waals surface area contributed by atoms with E-state index in [0.29, 0.717) is 24.3 Å². The van der Waals surface area contributed by atoms with Crippen molar-refractivity contribution in [3.05, 3.63) is 83.9 Å². The van der Waals surface area contributed by atoms with Gasteiger partial charge < -0.3 is 30.3 Å². The second-order valence-corrected chi connectivity index (χ2v) is 20.4. The molecule has 0 aromatic heterocycles. The first-order valence-corrected chi connectivity index (χ1v) is 26.3. The molecule has 2 amide bonds. The Labute approximate surface area is 405 Å². The number of hydrogen-bond acceptors (Lipinski definition) is 8. The Hall–Kier alpha value is -4.80. The number of rotatable bonds is 29. The summed E-state index contributed by atoms with van der Waals surface area (Å²) >= 11 is 0. The molecule has 0 spiro atoms. The van der Waals surface area contributed by atoms with E-state index in [-0.39, 0.29) is 84.6 Å². The van der Waals surface area contributed by atoms with Crippen molar-refractivity contribution < 1.29 is 38.9 Å². The predicted octanol–water partition coefficient (Wildman–Crippen LogP) is 12.0. The molecule has 10 heteroatoms. The van der Waals surface area contributed by atoms with Crippen LogP contribution in [0.5, 0.6) is 11.5 Å². The first-order valence-electron chi connectivity index (χ1n) is 26.3. The van der Waals surface area contributed by atoms with Crippen LogP contribution in [0.15, 0.2) is 72.8 Å². The Morgan fingerprint density at radius 1 is 0.456 bits per heavy atom. The average Bonchev–Trinajstić information content (AvgIpc) is 3.86. The number of amides is 2. The van der Waals surface area contributed by atoms with Gasteiger partial charge >= 0.3 is 11.9 Å². The zero-order valence-corrected chi connectivity index (χ0v) is 41.4. The summed E-state index contributed by atoms with van der Waals surface area (Å²) in [5, 5.41) is 29.8. The Bertz CT molecular complexity index is 2100. The lowest BCUT2D eigenvalue weighted by Gasteiger charge is -2.26. The maximum atomic E-state index is 12.9. The number of nitrogens with one attached hydrogen (secondary N) is 2. The van der Waals surface area contributed by atoms with Crippen LogP contribution in [-0.2, 0) is 19.2 Å². The predicted molar refractivity (Wildman–Crippen MR) is 272 cm³/mol. The first kappa shape index (κ1) is 52.6.